The predicted molar refractivity (Wildman–Crippen MR) is 61.6 cm³/mol. The molecule has 2 atom stereocenters. The Hall–Kier alpha value is -0.610. The Balaban J connectivity index is 0.000000262. The van der Waals surface area contributed by atoms with Crippen LogP contribution in [0.1, 0.15) is 33.1 Å². The lowest BCUT2D eigenvalue weighted by Crippen LogP contribution is -2.27. The minimum absolute atomic E-state index is 0.0950. The molecule has 1 fully saturated rings. The van der Waals surface area contributed by atoms with E-state index in [-0.39, 0.29) is 12.0 Å². The van der Waals surface area contributed by atoms with Crippen molar-refractivity contribution in [3.05, 3.63) is 0 Å². The van der Waals surface area contributed by atoms with Crippen LogP contribution in [0.2, 0.25) is 0 Å². The van der Waals surface area contributed by atoms with E-state index in [2.05, 4.69) is 17.0 Å². The summed E-state index contributed by atoms with van der Waals surface area (Å²) in [5.74, 6) is 0.675. The van der Waals surface area contributed by atoms with E-state index in [0.29, 0.717) is 6.42 Å². The van der Waals surface area contributed by atoms with Crippen molar-refractivity contribution >= 4 is 5.97 Å². The van der Waals surface area contributed by atoms with Crippen LogP contribution in [0.15, 0.2) is 0 Å². The van der Waals surface area contributed by atoms with E-state index in [4.69, 9.17) is 5.73 Å². The number of hydrogen-bond donors (Lipinski definition) is 2. The Morgan fingerprint density at radius 1 is 1.67 bits per heavy atom. The molecule has 4 nitrogen and oxygen atoms in total. The molecule has 2 unspecified atom stereocenters. The summed E-state index contributed by atoms with van der Waals surface area (Å²) < 4.78 is 4.34. The first-order valence-corrected chi connectivity index (χ1v) is 5.59. The van der Waals surface area contributed by atoms with Crippen molar-refractivity contribution in [3.8, 4) is 0 Å². The Morgan fingerprint density at radius 2 is 2.33 bits per heavy atom. The van der Waals surface area contributed by atoms with Gasteiger partial charge in [-0.25, -0.2) is 0 Å². The van der Waals surface area contributed by atoms with Gasteiger partial charge in [-0.15, -0.1) is 0 Å². The molecule has 1 aliphatic rings. The number of nitrogens with one attached hydrogen (secondary N) is 1. The van der Waals surface area contributed by atoms with E-state index in [1.807, 2.05) is 0 Å². The van der Waals surface area contributed by atoms with Crippen LogP contribution < -0.4 is 11.1 Å². The van der Waals surface area contributed by atoms with Gasteiger partial charge < -0.3 is 15.8 Å². The highest BCUT2D eigenvalue weighted by Crippen LogP contribution is 2.06. The Kier molecular flexibility index (Phi) is 8.33. The van der Waals surface area contributed by atoms with Crippen LogP contribution in [-0.2, 0) is 9.53 Å². The second-order valence-corrected chi connectivity index (χ2v) is 4.21. The van der Waals surface area contributed by atoms with Gasteiger partial charge in [0.25, 0.3) is 0 Å². The Morgan fingerprint density at radius 3 is 2.53 bits per heavy atom. The van der Waals surface area contributed by atoms with Crippen molar-refractivity contribution in [1.82, 2.24) is 5.32 Å². The van der Waals surface area contributed by atoms with Gasteiger partial charge in [0.1, 0.15) is 0 Å². The van der Waals surface area contributed by atoms with E-state index in [0.717, 1.165) is 5.92 Å². The quantitative estimate of drug-likeness (QED) is 0.673. The summed E-state index contributed by atoms with van der Waals surface area (Å²) in [4.78, 5) is 10.3. The molecule has 0 aromatic carbocycles. The van der Waals surface area contributed by atoms with Gasteiger partial charge in [-0.05, 0) is 38.8 Å². The zero-order valence-corrected chi connectivity index (χ0v) is 10.1. The van der Waals surface area contributed by atoms with Crippen molar-refractivity contribution in [2.24, 2.45) is 11.7 Å². The Bertz CT molecular complexity index is 166. The van der Waals surface area contributed by atoms with Crippen LogP contribution in [-0.4, -0.2) is 32.2 Å². The van der Waals surface area contributed by atoms with Crippen LogP contribution >= 0.6 is 0 Å². The largest absolute Gasteiger partial charge is 0.469 e. The molecule has 0 spiro atoms. The highest BCUT2D eigenvalue weighted by atomic mass is 16.5. The number of methoxy groups -OCH3 is 1. The third kappa shape index (κ3) is 9.69. The molecule has 1 aliphatic heterocycles. The smallest absolute Gasteiger partial charge is 0.307 e. The molecule has 1 heterocycles. The first kappa shape index (κ1) is 14.4. The monoisotopic (exact) mass is 216 g/mol. The molecule has 1 rings (SSSR count). The van der Waals surface area contributed by atoms with Gasteiger partial charge in [-0.3, -0.25) is 4.79 Å². The van der Waals surface area contributed by atoms with Gasteiger partial charge in [0.2, 0.25) is 0 Å². The van der Waals surface area contributed by atoms with E-state index in [1.165, 1.54) is 33.0 Å². The van der Waals surface area contributed by atoms with Crippen molar-refractivity contribution in [2.45, 2.75) is 39.2 Å². The number of carbonyl (C=O) groups is 1. The maximum absolute atomic E-state index is 10.3. The molecule has 1 saturated heterocycles. The molecule has 0 radical (unpaired) electrons. The molecule has 0 amide bonds. The number of carbonyl (C=O) groups excluding carboxylic acids is 1. The molecule has 90 valence electrons. The minimum atomic E-state index is -0.250. The first-order valence-electron chi connectivity index (χ1n) is 5.59. The van der Waals surface area contributed by atoms with Crippen molar-refractivity contribution < 1.29 is 9.53 Å². The summed E-state index contributed by atoms with van der Waals surface area (Å²) in [6, 6.07) is -0.0950. The number of rotatable bonds is 2. The summed E-state index contributed by atoms with van der Waals surface area (Å²) in [5.41, 5.74) is 5.27. The predicted octanol–water partition coefficient (Wildman–Crippen LogP) is 0.903. The van der Waals surface area contributed by atoms with Gasteiger partial charge in [-0.2, -0.15) is 0 Å². The zero-order valence-electron chi connectivity index (χ0n) is 10.1. The number of piperidine rings is 1. The third-order valence-corrected chi connectivity index (χ3v) is 2.26. The van der Waals surface area contributed by atoms with Crippen LogP contribution in [0.25, 0.3) is 0 Å². The SMILES string of the molecule is CC1CCCNC1.COC(=O)CC(C)N. The van der Waals surface area contributed by atoms with Crippen molar-refractivity contribution in [3.63, 3.8) is 0 Å². The molecule has 15 heavy (non-hydrogen) atoms. The second-order valence-electron chi connectivity index (χ2n) is 4.21. The van der Waals surface area contributed by atoms with Crippen molar-refractivity contribution in [1.29, 1.82) is 0 Å². The number of ether oxygens (including phenoxy) is 1. The van der Waals surface area contributed by atoms with Crippen LogP contribution in [0.4, 0.5) is 0 Å². The fourth-order valence-corrected chi connectivity index (χ4v) is 1.37. The third-order valence-electron chi connectivity index (χ3n) is 2.26. The zero-order chi connectivity index (χ0) is 11.7. The fraction of sp³-hybridized carbons (Fsp3) is 0.909. The normalized spacial score (nSPS) is 22.3. The fourth-order valence-electron chi connectivity index (χ4n) is 1.37. The Labute approximate surface area is 92.6 Å². The topological polar surface area (TPSA) is 64.3 Å². The maximum Gasteiger partial charge on any atom is 0.307 e. The van der Waals surface area contributed by atoms with E-state index < -0.39 is 0 Å². The molecule has 3 N–H and O–H groups in total. The number of hydrogen-bond acceptors (Lipinski definition) is 4. The highest BCUT2D eigenvalue weighted by Gasteiger charge is 2.05. The molecule has 0 bridgehead atoms. The van der Waals surface area contributed by atoms with Crippen LogP contribution in [0.5, 0.6) is 0 Å². The lowest BCUT2D eigenvalue weighted by Gasteiger charge is -2.17. The average Bonchev–Trinajstić information content (AvgIpc) is 2.19. The summed E-state index contributed by atoms with van der Waals surface area (Å²) in [7, 11) is 1.35. The molecule has 0 aromatic rings. The second kappa shape index (κ2) is 8.68. The molecular formula is C11H24N2O2. The van der Waals surface area contributed by atoms with Crippen molar-refractivity contribution in [2.75, 3.05) is 20.2 Å². The van der Waals surface area contributed by atoms with E-state index in [9.17, 15) is 4.79 Å². The summed E-state index contributed by atoms with van der Waals surface area (Å²) in [5, 5.41) is 3.33. The van der Waals surface area contributed by atoms with Crippen LogP contribution in [0, 0.1) is 5.92 Å². The number of nitrogens with two attached hydrogens (primary N) is 1. The van der Waals surface area contributed by atoms with Crippen LogP contribution in [0.3, 0.4) is 0 Å². The molecule has 0 saturated carbocycles. The molecule has 0 aliphatic carbocycles. The average molecular weight is 216 g/mol. The number of esters is 1. The van der Waals surface area contributed by atoms with Gasteiger partial charge in [0.15, 0.2) is 0 Å². The molecule has 0 aromatic heterocycles. The summed E-state index contributed by atoms with van der Waals surface area (Å²) in [6.45, 7) is 6.54. The minimum Gasteiger partial charge on any atom is -0.469 e. The summed E-state index contributed by atoms with van der Waals surface area (Å²) in [6.07, 6.45) is 3.10. The molecule has 4 heteroatoms. The highest BCUT2D eigenvalue weighted by molar-refractivity contribution is 5.69. The standard InChI is InChI=1S/C6H13N.C5H11NO2/c1-6-3-2-4-7-5-6;1-4(6)3-5(7)8-2/h6-7H,2-5H2,1H3;4H,3,6H2,1-2H3. The van der Waals surface area contributed by atoms with Gasteiger partial charge in [0.05, 0.1) is 13.5 Å². The van der Waals surface area contributed by atoms with Gasteiger partial charge in [0, 0.05) is 6.04 Å². The van der Waals surface area contributed by atoms with E-state index in [1.54, 1.807) is 6.92 Å². The first-order chi connectivity index (χ1) is 7.06. The van der Waals surface area contributed by atoms with Gasteiger partial charge >= 0.3 is 5.97 Å². The molecular weight excluding hydrogens is 192 g/mol. The lowest BCUT2D eigenvalue weighted by atomic mass is 10.0. The summed E-state index contributed by atoms with van der Waals surface area (Å²) >= 11 is 0. The lowest BCUT2D eigenvalue weighted by molar-refractivity contribution is -0.140. The maximum atomic E-state index is 10.3. The van der Waals surface area contributed by atoms with Gasteiger partial charge in [-0.1, -0.05) is 6.92 Å². The van der Waals surface area contributed by atoms with E-state index >= 15 is 0 Å².